The Morgan fingerprint density at radius 2 is 2.36 bits per heavy atom. The third-order valence-corrected chi connectivity index (χ3v) is 1.47. The van der Waals surface area contributed by atoms with Crippen LogP contribution >= 0.6 is 0 Å². The van der Waals surface area contributed by atoms with Crippen molar-refractivity contribution in [1.29, 1.82) is 0 Å². The van der Waals surface area contributed by atoms with Crippen LogP contribution in [0, 0.1) is 0 Å². The first-order chi connectivity index (χ1) is 5.27. The molecule has 0 unspecified atom stereocenters. The normalized spacial score (nSPS) is 16.2. The molecule has 0 aliphatic carbocycles. The summed E-state index contributed by atoms with van der Waals surface area (Å²) in [5.41, 5.74) is 0. The minimum atomic E-state index is -0.649. The molecular weight excluding hydrogens is 152 g/mol. The van der Waals surface area contributed by atoms with Crippen LogP contribution in [0.1, 0.15) is 5.82 Å². The van der Waals surface area contributed by atoms with E-state index in [1.54, 1.807) is 0 Å². The summed E-state index contributed by atoms with van der Waals surface area (Å²) in [6.07, 6.45) is 3.73. The smallest absolute Gasteiger partial charge is 0.184 e. The molecule has 0 atom stereocenters. The van der Waals surface area contributed by atoms with E-state index in [1.807, 2.05) is 0 Å². The number of hydrogen-bond acceptors (Lipinski definition) is 2. The molecular formula is C6H5F2N3. The average Bonchev–Trinajstić information content (AvgIpc) is 2.34. The van der Waals surface area contributed by atoms with E-state index in [4.69, 9.17) is 0 Å². The Hall–Kier alpha value is -1.39. The van der Waals surface area contributed by atoms with Crippen molar-refractivity contribution in [3.8, 4) is 0 Å². The molecule has 1 aliphatic heterocycles. The summed E-state index contributed by atoms with van der Waals surface area (Å²) in [6.45, 7) is 0.00273. The zero-order valence-electron chi connectivity index (χ0n) is 5.54. The van der Waals surface area contributed by atoms with Gasteiger partial charge in [-0.25, -0.2) is 9.37 Å². The van der Waals surface area contributed by atoms with Gasteiger partial charge in [-0.2, -0.15) is 5.12 Å². The van der Waals surface area contributed by atoms with Gasteiger partial charge < -0.3 is 4.57 Å². The van der Waals surface area contributed by atoms with Crippen LogP contribution in [0.15, 0.2) is 18.6 Å². The predicted molar refractivity (Wildman–Crippen MR) is 34.3 cm³/mol. The Bertz CT molecular complexity index is 305. The first kappa shape index (κ1) is 6.33. The largest absolute Gasteiger partial charge is 0.308 e. The molecule has 0 amide bonds. The Labute approximate surface area is 61.5 Å². The SMILES string of the molecule is FC1=CN(F)Cn2ccnc21. The second-order valence-electron chi connectivity index (χ2n) is 2.24. The maximum Gasteiger partial charge on any atom is 0.184 e. The molecule has 0 saturated carbocycles. The highest BCUT2D eigenvalue weighted by Crippen LogP contribution is 2.20. The topological polar surface area (TPSA) is 21.1 Å². The molecule has 0 fully saturated rings. The van der Waals surface area contributed by atoms with Crippen LogP contribution in [-0.4, -0.2) is 14.7 Å². The standard InChI is InChI=1S/C6H5F2N3/c7-5-3-11(8)4-10-2-1-9-6(5)10/h1-3H,4H2. The second-order valence-corrected chi connectivity index (χ2v) is 2.24. The summed E-state index contributed by atoms with van der Waals surface area (Å²) >= 11 is 0. The van der Waals surface area contributed by atoms with Gasteiger partial charge in [0, 0.05) is 12.4 Å². The molecule has 0 bridgehead atoms. The first-order valence-corrected chi connectivity index (χ1v) is 3.08. The van der Waals surface area contributed by atoms with Gasteiger partial charge in [0.05, 0.1) is 6.20 Å². The lowest BCUT2D eigenvalue weighted by atomic mass is 10.5. The van der Waals surface area contributed by atoms with Crippen LogP contribution in [0.5, 0.6) is 0 Å². The van der Waals surface area contributed by atoms with Crippen molar-refractivity contribution in [2.24, 2.45) is 0 Å². The molecule has 0 N–H and O–H groups in total. The number of aromatic nitrogens is 2. The number of hydrogen-bond donors (Lipinski definition) is 0. The van der Waals surface area contributed by atoms with Gasteiger partial charge in [0.2, 0.25) is 0 Å². The number of imidazole rings is 1. The quantitative estimate of drug-likeness (QED) is 0.529. The lowest BCUT2D eigenvalue weighted by Crippen LogP contribution is -2.18. The highest BCUT2D eigenvalue weighted by atomic mass is 19.2. The molecule has 2 rings (SSSR count). The third-order valence-electron chi connectivity index (χ3n) is 1.47. The van der Waals surface area contributed by atoms with Crippen molar-refractivity contribution in [3.63, 3.8) is 0 Å². The third kappa shape index (κ3) is 0.886. The van der Waals surface area contributed by atoms with E-state index >= 15 is 0 Å². The monoisotopic (exact) mass is 157 g/mol. The maximum absolute atomic E-state index is 12.8. The van der Waals surface area contributed by atoms with Gasteiger partial charge in [0.15, 0.2) is 11.7 Å². The van der Waals surface area contributed by atoms with Gasteiger partial charge in [0.1, 0.15) is 6.67 Å². The zero-order valence-corrected chi connectivity index (χ0v) is 5.54. The van der Waals surface area contributed by atoms with Crippen molar-refractivity contribution in [2.45, 2.75) is 6.67 Å². The van der Waals surface area contributed by atoms with E-state index in [0.29, 0.717) is 0 Å². The lowest BCUT2D eigenvalue weighted by molar-refractivity contribution is 0.0464. The second kappa shape index (κ2) is 2.05. The van der Waals surface area contributed by atoms with Crippen molar-refractivity contribution >= 4 is 5.83 Å². The first-order valence-electron chi connectivity index (χ1n) is 3.08. The Balaban J connectivity index is 2.50. The molecule has 0 saturated heterocycles. The molecule has 5 heteroatoms. The molecule has 2 heterocycles. The molecule has 0 aromatic carbocycles. The molecule has 1 aliphatic rings. The summed E-state index contributed by atoms with van der Waals surface area (Å²) in [6, 6.07) is 0. The highest BCUT2D eigenvalue weighted by molar-refractivity contribution is 5.52. The van der Waals surface area contributed by atoms with Gasteiger partial charge in [-0.3, -0.25) is 0 Å². The number of nitrogens with zero attached hydrogens (tertiary/aromatic N) is 3. The van der Waals surface area contributed by atoms with Crippen LogP contribution in [0.25, 0.3) is 5.83 Å². The van der Waals surface area contributed by atoms with Gasteiger partial charge in [-0.05, 0) is 0 Å². The van der Waals surface area contributed by atoms with Crippen molar-refractivity contribution < 1.29 is 8.87 Å². The Kier molecular flexibility index (Phi) is 1.18. The van der Waals surface area contributed by atoms with E-state index < -0.39 is 5.83 Å². The molecule has 0 spiro atoms. The van der Waals surface area contributed by atoms with Gasteiger partial charge in [0.25, 0.3) is 0 Å². The molecule has 0 radical (unpaired) electrons. The van der Waals surface area contributed by atoms with E-state index in [0.717, 1.165) is 6.20 Å². The summed E-state index contributed by atoms with van der Waals surface area (Å²) in [5.74, 6) is -0.470. The fourth-order valence-electron chi connectivity index (χ4n) is 1.01. The van der Waals surface area contributed by atoms with Crippen molar-refractivity contribution in [3.05, 3.63) is 24.4 Å². The minimum absolute atomic E-state index is 0.00273. The molecule has 1 aromatic heterocycles. The number of fused-ring (bicyclic) bond motifs is 1. The van der Waals surface area contributed by atoms with Crippen LogP contribution in [-0.2, 0) is 6.67 Å². The van der Waals surface area contributed by atoms with E-state index in [1.165, 1.54) is 17.0 Å². The van der Waals surface area contributed by atoms with Crippen molar-refractivity contribution in [1.82, 2.24) is 14.7 Å². The summed E-state index contributed by atoms with van der Waals surface area (Å²) in [7, 11) is 0. The van der Waals surface area contributed by atoms with Gasteiger partial charge >= 0.3 is 0 Å². The van der Waals surface area contributed by atoms with Crippen LogP contribution in [0.2, 0.25) is 0 Å². The molecule has 3 nitrogen and oxygen atoms in total. The summed E-state index contributed by atoms with van der Waals surface area (Å²) in [5, 5.41) is 0.268. The van der Waals surface area contributed by atoms with E-state index in [2.05, 4.69) is 4.98 Å². The highest BCUT2D eigenvalue weighted by Gasteiger charge is 2.16. The zero-order chi connectivity index (χ0) is 7.84. The maximum atomic E-state index is 12.8. The van der Waals surface area contributed by atoms with Crippen LogP contribution < -0.4 is 0 Å². The van der Waals surface area contributed by atoms with Crippen LogP contribution in [0.4, 0.5) is 8.87 Å². The summed E-state index contributed by atoms with van der Waals surface area (Å²) in [4.78, 5) is 3.70. The van der Waals surface area contributed by atoms with Crippen LogP contribution in [0.3, 0.4) is 0 Å². The van der Waals surface area contributed by atoms with E-state index in [-0.39, 0.29) is 17.6 Å². The van der Waals surface area contributed by atoms with Gasteiger partial charge in [-0.15, -0.1) is 0 Å². The van der Waals surface area contributed by atoms with Gasteiger partial charge in [-0.1, -0.05) is 4.48 Å². The number of rotatable bonds is 0. The lowest BCUT2D eigenvalue weighted by Gasteiger charge is -2.16. The molecule has 11 heavy (non-hydrogen) atoms. The molecule has 58 valence electrons. The van der Waals surface area contributed by atoms with Crippen molar-refractivity contribution in [2.75, 3.05) is 0 Å². The average molecular weight is 157 g/mol. The number of halogens is 2. The summed E-state index contributed by atoms with van der Waals surface area (Å²) < 4.78 is 26.6. The fraction of sp³-hybridized carbons (Fsp3) is 0.167. The Morgan fingerprint density at radius 1 is 1.55 bits per heavy atom. The predicted octanol–water partition coefficient (Wildman–Crippen LogP) is 1.31. The minimum Gasteiger partial charge on any atom is -0.308 e. The Morgan fingerprint density at radius 3 is 3.18 bits per heavy atom. The molecule has 1 aromatic rings. The van der Waals surface area contributed by atoms with E-state index in [9.17, 15) is 8.87 Å². The fourth-order valence-corrected chi connectivity index (χ4v) is 1.01.